The summed E-state index contributed by atoms with van der Waals surface area (Å²) in [6, 6.07) is 3.86. The molecular weight excluding hydrogens is 176 g/mol. The molecule has 2 rings (SSSR count). The molecule has 1 fully saturated rings. The van der Waals surface area contributed by atoms with Gasteiger partial charge in [-0.3, -0.25) is 7.05 Å². The van der Waals surface area contributed by atoms with E-state index in [2.05, 4.69) is 11.9 Å². The number of nitrogens with zero attached hydrogens (tertiary/aromatic N) is 2. The number of aromatic nitrogens is 1. The van der Waals surface area contributed by atoms with E-state index in [4.69, 9.17) is 0 Å². The molecule has 0 saturated carbocycles. The van der Waals surface area contributed by atoms with Gasteiger partial charge in [-0.15, -0.1) is 0 Å². The Hall–Kier alpha value is -1.09. The molecule has 0 aromatic carbocycles. The lowest BCUT2D eigenvalue weighted by Crippen LogP contribution is -2.30. The maximum Gasteiger partial charge on any atom is 0.183 e. The summed E-state index contributed by atoms with van der Waals surface area (Å²) < 4.78 is 0.881. The normalized spacial score (nSPS) is 19.8. The standard InChI is InChI=1S/C11H15N2O/c1-12-7-4-10(5-8-12)11-3-2-6-13(14)9-11/h2-3,6,9-10H,1,4-5,7-8H2/q-1. The molecule has 1 saturated heterocycles. The van der Waals surface area contributed by atoms with Crippen molar-refractivity contribution in [2.24, 2.45) is 0 Å². The van der Waals surface area contributed by atoms with Gasteiger partial charge in [0.2, 0.25) is 0 Å². The Labute approximate surface area is 84.6 Å². The zero-order valence-electron chi connectivity index (χ0n) is 8.22. The van der Waals surface area contributed by atoms with Crippen LogP contribution in [-0.4, -0.2) is 18.0 Å². The van der Waals surface area contributed by atoms with Crippen molar-refractivity contribution in [3.8, 4) is 0 Å². The van der Waals surface area contributed by atoms with Crippen molar-refractivity contribution >= 4 is 0 Å². The van der Waals surface area contributed by atoms with Crippen LogP contribution in [0.4, 0.5) is 0 Å². The Bertz CT molecular complexity index is 306. The Morgan fingerprint density at radius 1 is 1.43 bits per heavy atom. The van der Waals surface area contributed by atoms with E-state index in [1.165, 1.54) is 6.20 Å². The number of pyridine rings is 1. The second-order valence-corrected chi connectivity index (χ2v) is 3.89. The van der Waals surface area contributed by atoms with Crippen LogP contribution in [-0.2, 0) is 0 Å². The van der Waals surface area contributed by atoms with E-state index in [-0.39, 0.29) is 0 Å². The molecule has 1 aliphatic heterocycles. The van der Waals surface area contributed by atoms with E-state index in [9.17, 15) is 5.21 Å². The maximum atomic E-state index is 11.1. The zero-order chi connectivity index (χ0) is 9.97. The van der Waals surface area contributed by atoms with Crippen LogP contribution >= 0.6 is 0 Å². The van der Waals surface area contributed by atoms with Gasteiger partial charge in [0.1, 0.15) is 0 Å². The van der Waals surface area contributed by atoms with Crippen molar-refractivity contribution in [2.45, 2.75) is 18.8 Å². The highest BCUT2D eigenvalue weighted by Gasteiger charge is 2.17. The Balaban J connectivity index is 2.08. The summed E-state index contributed by atoms with van der Waals surface area (Å²) in [5.41, 5.74) is 1.16. The predicted molar refractivity (Wildman–Crippen MR) is 54.3 cm³/mol. The van der Waals surface area contributed by atoms with E-state index in [1.54, 1.807) is 6.20 Å². The zero-order valence-corrected chi connectivity index (χ0v) is 8.22. The van der Waals surface area contributed by atoms with Gasteiger partial charge >= 0.3 is 0 Å². The van der Waals surface area contributed by atoms with Gasteiger partial charge in [-0.1, -0.05) is 0 Å². The number of hydrogen-bond acceptors (Lipinski definition) is 2. The van der Waals surface area contributed by atoms with Crippen molar-refractivity contribution in [3.05, 3.63) is 42.3 Å². The van der Waals surface area contributed by atoms with Gasteiger partial charge in [-0.2, -0.15) is 4.73 Å². The average Bonchev–Trinajstić information content (AvgIpc) is 2.19. The summed E-state index contributed by atoms with van der Waals surface area (Å²) in [7, 11) is 3.91. The molecule has 1 aliphatic rings. The first-order chi connectivity index (χ1) is 6.75. The summed E-state index contributed by atoms with van der Waals surface area (Å²) in [4.78, 5) is 2.09. The fourth-order valence-electron chi connectivity index (χ4n) is 1.98. The van der Waals surface area contributed by atoms with Gasteiger partial charge in [0.25, 0.3) is 0 Å². The van der Waals surface area contributed by atoms with Crippen molar-refractivity contribution in [1.29, 1.82) is 0 Å². The molecule has 0 aliphatic carbocycles. The monoisotopic (exact) mass is 191 g/mol. The Morgan fingerprint density at radius 2 is 2.14 bits per heavy atom. The first kappa shape index (κ1) is 9.46. The quantitative estimate of drug-likeness (QED) is 0.380. The molecule has 0 unspecified atom stereocenters. The minimum absolute atomic E-state index is 0.536. The molecule has 76 valence electrons. The molecule has 0 bridgehead atoms. The number of rotatable bonds is 1. The lowest BCUT2D eigenvalue weighted by Gasteiger charge is -2.34. The minimum Gasteiger partial charge on any atom is -0.619 e. The van der Waals surface area contributed by atoms with Crippen LogP contribution in [0, 0.1) is 12.3 Å². The molecular formula is C11H15N2O-. The van der Waals surface area contributed by atoms with Gasteiger partial charge in [-0.05, 0) is 37.9 Å². The van der Waals surface area contributed by atoms with E-state index in [0.717, 1.165) is 36.2 Å². The third-order valence-corrected chi connectivity index (χ3v) is 2.86. The molecule has 0 radical (unpaired) electrons. The van der Waals surface area contributed by atoms with Crippen LogP contribution in [0.1, 0.15) is 24.3 Å². The molecule has 2 heterocycles. The van der Waals surface area contributed by atoms with Gasteiger partial charge in [-0.25, -0.2) is 0 Å². The molecule has 0 amide bonds. The van der Waals surface area contributed by atoms with Crippen molar-refractivity contribution in [2.75, 3.05) is 13.1 Å². The van der Waals surface area contributed by atoms with Crippen LogP contribution in [0.2, 0.25) is 0 Å². The lowest BCUT2D eigenvalue weighted by molar-refractivity contribution is -0.606. The van der Waals surface area contributed by atoms with Gasteiger partial charge < -0.3 is 10.1 Å². The van der Waals surface area contributed by atoms with Crippen LogP contribution in [0.5, 0.6) is 0 Å². The van der Waals surface area contributed by atoms with E-state index in [1.807, 2.05) is 12.1 Å². The van der Waals surface area contributed by atoms with Gasteiger partial charge in [0.05, 0.1) is 0 Å². The highest BCUT2D eigenvalue weighted by Crippen LogP contribution is 2.26. The second-order valence-electron chi connectivity index (χ2n) is 3.89. The Kier molecular flexibility index (Phi) is 2.68. The molecule has 14 heavy (non-hydrogen) atoms. The van der Waals surface area contributed by atoms with Gasteiger partial charge in [0, 0.05) is 11.6 Å². The molecule has 0 atom stereocenters. The smallest absolute Gasteiger partial charge is 0.183 e. The number of piperidine rings is 1. The highest BCUT2D eigenvalue weighted by atomic mass is 16.5. The first-order valence-corrected chi connectivity index (χ1v) is 5.00. The third kappa shape index (κ3) is 2.04. The van der Waals surface area contributed by atoms with Crippen molar-refractivity contribution in [1.82, 2.24) is 4.90 Å². The average molecular weight is 191 g/mol. The summed E-state index contributed by atoms with van der Waals surface area (Å²) in [5.74, 6) is 0.536. The Morgan fingerprint density at radius 3 is 2.79 bits per heavy atom. The number of likely N-dealkylation sites (tertiary alicyclic amines) is 1. The maximum absolute atomic E-state index is 11.1. The van der Waals surface area contributed by atoms with Crippen molar-refractivity contribution in [3.63, 3.8) is 0 Å². The largest absolute Gasteiger partial charge is 0.619 e. The molecule has 1 aromatic heterocycles. The lowest BCUT2D eigenvalue weighted by atomic mass is 9.91. The van der Waals surface area contributed by atoms with Crippen LogP contribution < -0.4 is 4.73 Å². The van der Waals surface area contributed by atoms with E-state index >= 15 is 0 Å². The van der Waals surface area contributed by atoms with E-state index < -0.39 is 0 Å². The summed E-state index contributed by atoms with van der Waals surface area (Å²) in [5, 5.41) is 11.1. The molecule has 3 nitrogen and oxygen atoms in total. The highest BCUT2D eigenvalue weighted by molar-refractivity contribution is 5.13. The second kappa shape index (κ2) is 3.96. The topological polar surface area (TPSA) is 30.2 Å². The summed E-state index contributed by atoms with van der Waals surface area (Å²) in [6.07, 6.45) is 5.42. The number of hydrogen-bond donors (Lipinski definition) is 0. The first-order valence-electron chi connectivity index (χ1n) is 5.00. The van der Waals surface area contributed by atoms with Crippen LogP contribution in [0.15, 0.2) is 24.5 Å². The summed E-state index contributed by atoms with van der Waals surface area (Å²) in [6.45, 7) is 2.05. The molecule has 0 spiro atoms. The SMILES string of the molecule is [CH2-]N1CCC(c2ccc[n+]([O-])c2)CC1. The minimum atomic E-state index is 0.536. The van der Waals surface area contributed by atoms with Gasteiger partial charge in [0.15, 0.2) is 12.4 Å². The van der Waals surface area contributed by atoms with Crippen LogP contribution in [0.3, 0.4) is 0 Å². The third-order valence-electron chi connectivity index (χ3n) is 2.86. The molecule has 3 heteroatoms. The molecule has 1 aromatic rings. The summed E-state index contributed by atoms with van der Waals surface area (Å²) >= 11 is 0. The fourth-order valence-corrected chi connectivity index (χ4v) is 1.98. The molecule has 0 N–H and O–H groups in total. The fraction of sp³-hybridized carbons (Fsp3) is 0.455. The predicted octanol–water partition coefficient (Wildman–Crippen LogP) is 1.29. The van der Waals surface area contributed by atoms with Crippen molar-refractivity contribution < 1.29 is 4.73 Å². The van der Waals surface area contributed by atoms with Crippen LogP contribution in [0.25, 0.3) is 0 Å². The van der Waals surface area contributed by atoms with E-state index in [0.29, 0.717) is 5.92 Å².